The highest BCUT2D eigenvalue weighted by Gasteiger charge is 2.52. The van der Waals surface area contributed by atoms with Crippen molar-refractivity contribution in [2.75, 3.05) is 13.7 Å². The first-order valence-electron chi connectivity index (χ1n) is 15.9. The van der Waals surface area contributed by atoms with Crippen LogP contribution in [0, 0.1) is 23.7 Å². The normalized spacial score (nSPS) is 30.1. The number of nitrogens with zero attached hydrogens (tertiary/aromatic N) is 1. The molecule has 0 radical (unpaired) electrons. The molecule has 4 aliphatic carbocycles. The fraction of sp³-hybridized carbons (Fsp3) is 0.514. The molecule has 4 bridgehead atoms. The Morgan fingerprint density at radius 3 is 2.32 bits per heavy atom. The topological polar surface area (TPSA) is 110 Å². The van der Waals surface area contributed by atoms with Gasteiger partial charge in [-0.15, -0.1) is 0 Å². The summed E-state index contributed by atoms with van der Waals surface area (Å²) < 4.78 is 17.5. The minimum absolute atomic E-state index is 0.117. The number of amides is 2. The van der Waals surface area contributed by atoms with Gasteiger partial charge in [0.25, 0.3) is 0 Å². The van der Waals surface area contributed by atoms with Gasteiger partial charge >= 0.3 is 12.1 Å². The van der Waals surface area contributed by atoms with E-state index < -0.39 is 29.7 Å². The molecule has 2 amide bonds. The van der Waals surface area contributed by atoms with E-state index in [1.54, 1.807) is 6.92 Å². The molecule has 5 fully saturated rings. The number of aromatic nitrogens is 1. The van der Waals surface area contributed by atoms with Crippen LogP contribution in [0.1, 0.15) is 51.0 Å². The van der Waals surface area contributed by atoms with Gasteiger partial charge in [0.05, 0.1) is 13.7 Å². The van der Waals surface area contributed by atoms with Crippen molar-refractivity contribution < 1.29 is 28.6 Å². The molecule has 5 aliphatic rings. The van der Waals surface area contributed by atoms with E-state index in [4.69, 9.17) is 14.2 Å². The summed E-state index contributed by atoms with van der Waals surface area (Å²) in [6.07, 6.45) is 7.05. The Morgan fingerprint density at radius 1 is 0.932 bits per heavy atom. The molecule has 3 atom stereocenters. The van der Waals surface area contributed by atoms with Crippen LogP contribution in [-0.2, 0) is 25.5 Å². The molecule has 1 unspecified atom stereocenters. The monoisotopic (exact) mass is 599 g/mol. The fourth-order valence-electron chi connectivity index (χ4n) is 8.75. The van der Waals surface area contributed by atoms with E-state index in [2.05, 4.69) is 10.3 Å². The Kier molecular flexibility index (Phi) is 7.50. The Bertz CT molecular complexity index is 1510. The lowest BCUT2D eigenvalue weighted by Gasteiger charge is -2.53. The minimum Gasteiger partial charge on any atom is -0.488 e. The minimum atomic E-state index is -1.40. The zero-order valence-corrected chi connectivity index (χ0v) is 25.4. The first-order chi connectivity index (χ1) is 21.3. The molecule has 1 aliphatic heterocycles. The second-order valence-corrected chi connectivity index (χ2v) is 13.6. The lowest BCUT2D eigenvalue weighted by Crippen LogP contribution is -2.62. The highest BCUT2D eigenvalue weighted by atomic mass is 16.6. The summed E-state index contributed by atoms with van der Waals surface area (Å²) in [6.45, 7) is 1.91. The molecule has 3 aromatic rings. The van der Waals surface area contributed by atoms with Crippen LogP contribution in [0.25, 0.3) is 10.9 Å². The molecule has 44 heavy (non-hydrogen) atoms. The predicted molar refractivity (Wildman–Crippen MR) is 164 cm³/mol. The van der Waals surface area contributed by atoms with Gasteiger partial charge in [-0.05, 0) is 86.5 Å². The maximum Gasteiger partial charge on any atom is 0.408 e. The zero-order valence-electron chi connectivity index (χ0n) is 25.4. The molecule has 1 saturated heterocycles. The van der Waals surface area contributed by atoms with E-state index in [1.165, 1.54) is 18.4 Å². The summed E-state index contributed by atoms with van der Waals surface area (Å²) in [5.74, 6) is 2.07. The van der Waals surface area contributed by atoms with Gasteiger partial charge in [0, 0.05) is 29.9 Å². The van der Waals surface area contributed by atoms with Gasteiger partial charge in [0.15, 0.2) is 0 Å². The summed E-state index contributed by atoms with van der Waals surface area (Å²) in [5, 5.41) is 3.99. The van der Waals surface area contributed by atoms with E-state index >= 15 is 0 Å². The maximum absolute atomic E-state index is 14.6. The molecule has 2 aromatic carbocycles. The molecule has 8 rings (SSSR count). The molecular formula is C35H41N3O6. The van der Waals surface area contributed by atoms with Crippen molar-refractivity contribution >= 4 is 28.9 Å². The van der Waals surface area contributed by atoms with Crippen molar-refractivity contribution in [3.8, 4) is 5.75 Å². The standard InChI is InChI=1S/C35H41N3O6/c1-35(18-25-19-36-29-11-7-6-10-28(25)29,37-34(41)44-31-23-13-21-12-22(15-23)16-24(31)14-21)33(40)38-20-27(17-30(38)32(39)42-2)43-26-8-4-3-5-9-26/h3-11,19,21-24,27,30-31,36H,12-18,20H2,1-2H3,(H,37,41)/t21?,22?,23?,24?,27-,30+,31?,35?/m1/s1. The van der Waals surface area contributed by atoms with Crippen LogP contribution < -0.4 is 10.1 Å². The molecule has 0 spiro atoms. The molecular weight excluding hydrogens is 558 g/mol. The second-order valence-electron chi connectivity index (χ2n) is 13.6. The molecule has 232 valence electrons. The molecule has 9 nitrogen and oxygen atoms in total. The number of aromatic amines is 1. The van der Waals surface area contributed by atoms with Crippen LogP contribution in [0.2, 0.25) is 0 Å². The quantitative estimate of drug-likeness (QED) is 0.343. The average molecular weight is 600 g/mol. The number of nitrogens with one attached hydrogen (secondary N) is 2. The van der Waals surface area contributed by atoms with Crippen molar-refractivity contribution in [3.63, 3.8) is 0 Å². The number of H-pyrrole nitrogens is 1. The van der Waals surface area contributed by atoms with Crippen molar-refractivity contribution in [3.05, 3.63) is 66.4 Å². The molecule has 9 heteroatoms. The Balaban J connectivity index is 1.15. The third-order valence-corrected chi connectivity index (χ3v) is 10.5. The largest absolute Gasteiger partial charge is 0.488 e. The summed E-state index contributed by atoms with van der Waals surface area (Å²) in [7, 11) is 1.32. The van der Waals surface area contributed by atoms with Crippen LogP contribution in [0.5, 0.6) is 5.75 Å². The van der Waals surface area contributed by atoms with E-state index in [9.17, 15) is 14.4 Å². The number of likely N-dealkylation sites (tertiary alicyclic amines) is 1. The molecule has 2 heterocycles. The number of carbonyl (C=O) groups is 3. The van der Waals surface area contributed by atoms with Crippen LogP contribution >= 0.6 is 0 Å². The highest BCUT2D eigenvalue weighted by Crippen LogP contribution is 2.54. The average Bonchev–Trinajstić information content (AvgIpc) is 3.62. The maximum atomic E-state index is 14.6. The third-order valence-electron chi connectivity index (χ3n) is 10.5. The van der Waals surface area contributed by atoms with Crippen LogP contribution in [0.15, 0.2) is 60.8 Å². The molecule has 2 N–H and O–H groups in total. The summed E-state index contributed by atoms with van der Waals surface area (Å²) in [5.41, 5.74) is 0.428. The summed E-state index contributed by atoms with van der Waals surface area (Å²) in [6, 6.07) is 16.4. The smallest absolute Gasteiger partial charge is 0.408 e. The first-order valence-corrected chi connectivity index (χ1v) is 15.9. The Hall–Kier alpha value is -4.01. The van der Waals surface area contributed by atoms with Gasteiger partial charge in [0.1, 0.15) is 29.5 Å². The van der Waals surface area contributed by atoms with Gasteiger partial charge in [-0.3, -0.25) is 4.79 Å². The number of alkyl carbamates (subject to hydrolysis) is 1. The highest BCUT2D eigenvalue weighted by molar-refractivity contribution is 5.94. The van der Waals surface area contributed by atoms with Gasteiger partial charge < -0.3 is 29.4 Å². The Labute approximate surface area is 257 Å². The third kappa shape index (κ3) is 5.41. The lowest BCUT2D eigenvalue weighted by atomic mass is 9.55. The van der Waals surface area contributed by atoms with E-state index in [0.717, 1.165) is 54.0 Å². The number of methoxy groups -OCH3 is 1. The number of ether oxygens (including phenoxy) is 3. The second kappa shape index (κ2) is 11.5. The summed E-state index contributed by atoms with van der Waals surface area (Å²) >= 11 is 0. The number of para-hydroxylation sites is 2. The SMILES string of the molecule is COC(=O)[C@@H]1C[C@@H](Oc2ccccc2)CN1C(=O)C(C)(Cc1c[nH]c2ccccc12)NC(=O)OC1C2CC3CC(C2)CC1C3. The van der Waals surface area contributed by atoms with E-state index in [1.807, 2.05) is 60.8 Å². The van der Waals surface area contributed by atoms with Crippen molar-refractivity contribution in [2.45, 2.75) is 75.7 Å². The fourth-order valence-corrected chi connectivity index (χ4v) is 8.75. The van der Waals surface area contributed by atoms with Crippen LogP contribution in [0.3, 0.4) is 0 Å². The molecule has 4 saturated carbocycles. The van der Waals surface area contributed by atoms with Crippen LogP contribution in [-0.4, -0.2) is 65.3 Å². The van der Waals surface area contributed by atoms with E-state index in [0.29, 0.717) is 17.6 Å². The number of hydrogen-bond donors (Lipinski definition) is 2. The molecule has 1 aromatic heterocycles. The van der Waals surface area contributed by atoms with Gasteiger partial charge in [-0.1, -0.05) is 36.4 Å². The van der Waals surface area contributed by atoms with Crippen LogP contribution in [0.4, 0.5) is 4.79 Å². The summed E-state index contributed by atoms with van der Waals surface area (Å²) in [4.78, 5) is 46.1. The van der Waals surface area contributed by atoms with Crippen molar-refractivity contribution in [1.29, 1.82) is 0 Å². The number of esters is 1. The zero-order chi connectivity index (χ0) is 30.4. The lowest BCUT2D eigenvalue weighted by molar-refractivity contribution is -0.153. The van der Waals surface area contributed by atoms with Crippen molar-refractivity contribution in [2.24, 2.45) is 23.7 Å². The number of hydrogen-bond acceptors (Lipinski definition) is 6. The number of rotatable bonds is 8. The van der Waals surface area contributed by atoms with Crippen molar-refractivity contribution in [1.82, 2.24) is 15.2 Å². The predicted octanol–water partition coefficient (Wildman–Crippen LogP) is 5.24. The number of benzene rings is 2. The first kappa shape index (κ1) is 28.7. The van der Waals surface area contributed by atoms with E-state index in [-0.39, 0.29) is 31.4 Å². The van der Waals surface area contributed by atoms with Gasteiger partial charge in [0.2, 0.25) is 5.91 Å². The van der Waals surface area contributed by atoms with Gasteiger partial charge in [-0.2, -0.15) is 0 Å². The number of fused-ring (bicyclic) bond motifs is 1. The number of carbonyl (C=O) groups excluding carboxylic acids is 3. The Morgan fingerprint density at radius 2 is 1.61 bits per heavy atom. The van der Waals surface area contributed by atoms with Gasteiger partial charge in [-0.25, -0.2) is 9.59 Å².